The number of rotatable bonds is 8. The SMILES string of the molecule is C=CCNS(=O)(=O)Cc1ccc(NC(=O)c2cc(C)n(-c3ccc(Cl)cc3)c2C)cc1. The van der Waals surface area contributed by atoms with Crippen LogP contribution in [-0.4, -0.2) is 25.4 Å². The van der Waals surface area contributed by atoms with E-state index in [-0.39, 0.29) is 18.2 Å². The van der Waals surface area contributed by atoms with E-state index < -0.39 is 10.0 Å². The summed E-state index contributed by atoms with van der Waals surface area (Å²) in [5.41, 5.74) is 4.43. The van der Waals surface area contributed by atoms with Crippen LogP contribution in [0.15, 0.2) is 67.3 Å². The number of hydrogen-bond donors (Lipinski definition) is 2. The minimum Gasteiger partial charge on any atom is -0.322 e. The summed E-state index contributed by atoms with van der Waals surface area (Å²) in [4.78, 5) is 12.9. The van der Waals surface area contributed by atoms with Gasteiger partial charge in [0.25, 0.3) is 5.91 Å². The molecule has 6 nitrogen and oxygen atoms in total. The number of carbonyl (C=O) groups is 1. The first-order valence-electron chi connectivity index (χ1n) is 9.63. The van der Waals surface area contributed by atoms with E-state index in [1.807, 2.05) is 48.7 Å². The lowest BCUT2D eigenvalue weighted by Crippen LogP contribution is -2.25. The van der Waals surface area contributed by atoms with Gasteiger partial charge in [-0.05, 0) is 61.9 Å². The number of carbonyl (C=O) groups excluding carboxylic acids is 1. The van der Waals surface area contributed by atoms with Crippen molar-refractivity contribution in [3.05, 3.63) is 94.8 Å². The molecule has 0 saturated carbocycles. The van der Waals surface area contributed by atoms with Gasteiger partial charge in [0.15, 0.2) is 0 Å². The topological polar surface area (TPSA) is 80.2 Å². The Morgan fingerprint density at radius 3 is 2.35 bits per heavy atom. The van der Waals surface area contributed by atoms with Crippen molar-refractivity contribution in [2.24, 2.45) is 0 Å². The molecule has 8 heteroatoms. The van der Waals surface area contributed by atoms with Gasteiger partial charge in [-0.25, -0.2) is 13.1 Å². The van der Waals surface area contributed by atoms with Crippen LogP contribution in [0.25, 0.3) is 5.69 Å². The van der Waals surface area contributed by atoms with Gasteiger partial charge < -0.3 is 9.88 Å². The number of sulfonamides is 1. The summed E-state index contributed by atoms with van der Waals surface area (Å²) in [7, 11) is -3.43. The van der Waals surface area contributed by atoms with Crippen LogP contribution in [0.5, 0.6) is 0 Å². The highest BCUT2D eigenvalue weighted by molar-refractivity contribution is 7.88. The molecule has 0 radical (unpaired) electrons. The molecule has 1 amide bonds. The molecule has 0 spiro atoms. The van der Waals surface area contributed by atoms with Crippen molar-refractivity contribution in [1.29, 1.82) is 0 Å². The average Bonchev–Trinajstić information content (AvgIpc) is 3.03. The summed E-state index contributed by atoms with van der Waals surface area (Å²) in [5, 5.41) is 3.52. The second-order valence-corrected chi connectivity index (χ2v) is 9.39. The lowest BCUT2D eigenvalue weighted by molar-refractivity contribution is 0.102. The predicted octanol–water partition coefficient (Wildman–Crippen LogP) is 4.61. The van der Waals surface area contributed by atoms with Gasteiger partial charge in [0.05, 0.1) is 11.3 Å². The van der Waals surface area contributed by atoms with Gasteiger partial charge in [0.2, 0.25) is 10.0 Å². The minimum absolute atomic E-state index is 0.142. The minimum atomic E-state index is -3.43. The first-order chi connectivity index (χ1) is 14.7. The number of anilines is 1. The van der Waals surface area contributed by atoms with Crippen molar-refractivity contribution in [2.45, 2.75) is 19.6 Å². The number of amides is 1. The second-order valence-electron chi connectivity index (χ2n) is 7.14. The fourth-order valence-corrected chi connectivity index (χ4v) is 4.55. The molecular weight excluding hydrogens is 434 g/mol. The Bertz CT molecular complexity index is 1200. The van der Waals surface area contributed by atoms with Crippen LogP contribution in [0.4, 0.5) is 5.69 Å². The van der Waals surface area contributed by atoms with Crippen molar-refractivity contribution < 1.29 is 13.2 Å². The molecule has 2 N–H and O–H groups in total. The molecule has 0 fully saturated rings. The van der Waals surface area contributed by atoms with Gasteiger partial charge in [0.1, 0.15) is 0 Å². The van der Waals surface area contributed by atoms with Crippen molar-refractivity contribution in [1.82, 2.24) is 9.29 Å². The van der Waals surface area contributed by atoms with Crippen molar-refractivity contribution in [2.75, 3.05) is 11.9 Å². The molecule has 0 aliphatic carbocycles. The number of aromatic nitrogens is 1. The number of aryl methyl sites for hydroxylation is 1. The molecule has 0 aliphatic heterocycles. The highest BCUT2D eigenvalue weighted by atomic mass is 35.5. The summed E-state index contributed by atoms with van der Waals surface area (Å²) in [6.45, 7) is 7.51. The van der Waals surface area contributed by atoms with Crippen LogP contribution in [0.2, 0.25) is 5.02 Å². The third kappa shape index (κ3) is 5.64. The number of hydrogen-bond acceptors (Lipinski definition) is 3. The normalized spacial score (nSPS) is 11.3. The predicted molar refractivity (Wildman–Crippen MR) is 125 cm³/mol. The first-order valence-corrected chi connectivity index (χ1v) is 11.7. The summed E-state index contributed by atoms with van der Waals surface area (Å²) in [6, 6.07) is 16.0. The van der Waals surface area contributed by atoms with E-state index in [1.165, 1.54) is 6.08 Å². The van der Waals surface area contributed by atoms with E-state index in [0.717, 1.165) is 17.1 Å². The second kappa shape index (κ2) is 9.51. The maximum absolute atomic E-state index is 12.9. The molecule has 31 heavy (non-hydrogen) atoms. The van der Waals surface area contributed by atoms with Crippen molar-refractivity contribution >= 4 is 33.2 Å². The molecule has 0 bridgehead atoms. The third-order valence-corrected chi connectivity index (χ3v) is 6.35. The Morgan fingerprint density at radius 2 is 1.74 bits per heavy atom. The van der Waals surface area contributed by atoms with Gasteiger partial charge >= 0.3 is 0 Å². The summed E-state index contributed by atoms with van der Waals surface area (Å²) >= 11 is 5.98. The van der Waals surface area contributed by atoms with E-state index in [4.69, 9.17) is 11.6 Å². The maximum Gasteiger partial charge on any atom is 0.257 e. The zero-order valence-corrected chi connectivity index (χ0v) is 18.9. The lowest BCUT2D eigenvalue weighted by atomic mass is 10.2. The highest BCUT2D eigenvalue weighted by Crippen LogP contribution is 2.23. The largest absolute Gasteiger partial charge is 0.322 e. The number of benzene rings is 2. The van der Waals surface area contributed by atoms with Gasteiger partial charge in [-0.2, -0.15) is 0 Å². The molecular formula is C23H24ClN3O3S. The van der Waals surface area contributed by atoms with Gasteiger partial charge in [-0.15, -0.1) is 6.58 Å². The molecule has 162 valence electrons. The maximum atomic E-state index is 12.9. The fourth-order valence-electron chi connectivity index (χ4n) is 3.32. The van der Waals surface area contributed by atoms with E-state index in [1.54, 1.807) is 24.3 Å². The molecule has 0 saturated heterocycles. The first kappa shape index (κ1) is 22.8. The number of halogens is 1. The van der Waals surface area contributed by atoms with Crippen LogP contribution in [0.1, 0.15) is 27.3 Å². The standard InChI is InChI=1S/C23H24ClN3O3S/c1-4-13-25-31(29,30)15-18-5-9-20(10-6-18)26-23(28)22-14-16(2)27(17(22)3)21-11-7-19(24)8-12-21/h4-12,14,25H,1,13,15H2,2-3H3,(H,26,28). The van der Waals surface area contributed by atoms with Crippen LogP contribution >= 0.6 is 11.6 Å². The number of nitrogens with one attached hydrogen (secondary N) is 2. The monoisotopic (exact) mass is 457 g/mol. The molecule has 2 aromatic carbocycles. The highest BCUT2D eigenvalue weighted by Gasteiger charge is 2.17. The van der Waals surface area contributed by atoms with Crippen molar-refractivity contribution in [3.8, 4) is 5.69 Å². The van der Waals surface area contributed by atoms with Crippen LogP contribution < -0.4 is 10.0 Å². The Kier molecular flexibility index (Phi) is 7.00. The van der Waals surface area contributed by atoms with Crippen molar-refractivity contribution in [3.63, 3.8) is 0 Å². The molecule has 1 heterocycles. The van der Waals surface area contributed by atoms with Crippen LogP contribution in [0, 0.1) is 13.8 Å². The summed E-state index contributed by atoms with van der Waals surface area (Å²) < 4.78 is 28.4. The lowest BCUT2D eigenvalue weighted by Gasteiger charge is -2.10. The van der Waals surface area contributed by atoms with E-state index in [9.17, 15) is 13.2 Å². The van der Waals surface area contributed by atoms with Gasteiger partial charge in [-0.3, -0.25) is 4.79 Å². The zero-order chi connectivity index (χ0) is 22.6. The van der Waals surface area contributed by atoms with E-state index in [0.29, 0.717) is 21.8 Å². The Balaban J connectivity index is 1.74. The molecule has 0 atom stereocenters. The molecule has 0 unspecified atom stereocenters. The van der Waals surface area contributed by atoms with E-state index in [2.05, 4.69) is 16.6 Å². The van der Waals surface area contributed by atoms with Gasteiger partial charge in [0, 0.05) is 34.3 Å². The van der Waals surface area contributed by atoms with E-state index >= 15 is 0 Å². The van der Waals surface area contributed by atoms with Crippen LogP contribution in [-0.2, 0) is 15.8 Å². The smallest absolute Gasteiger partial charge is 0.257 e. The van der Waals surface area contributed by atoms with Gasteiger partial charge in [-0.1, -0.05) is 29.8 Å². The molecule has 3 aromatic rings. The average molecular weight is 458 g/mol. The fraction of sp³-hybridized carbons (Fsp3) is 0.174. The molecule has 3 rings (SSSR count). The third-order valence-electron chi connectivity index (χ3n) is 4.78. The van der Waals surface area contributed by atoms with Crippen LogP contribution in [0.3, 0.4) is 0 Å². The molecule has 0 aliphatic rings. The Labute approximate surface area is 187 Å². The Hall–Kier alpha value is -2.87. The quantitative estimate of drug-likeness (QED) is 0.485. The molecule has 1 aromatic heterocycles. The summed E-state index contributed by atoms with van der Waals surface area (Å²) in [5.74, 6) is -0.376. The zero-order valence-electron chi connectivity index (χ0n) is 17.4. The summed E-state index contributed by atoms with van der Waals surface area (Å²) in [6.07, 6.45) is 1.49. The Morgan fingerprint density at radius 1 is 1.10 bits per heavy atom. The number of nitrogens with zero attached hydrogens (tertiary/aromatic N) is 1.